The average Bonchev–Trinajstić information content (AvgIpc) is 2.49. The van der Waals surface area contributed by atoms with Crippen molar-refractivity contribution in [3.63, 3.8) is 0 Å². The summed E-state index contributed by atoms with van der Waals surface area (Å²) in [5, 5.41) is 1.28. The summed E-state index contributed by atoms with van der Waals surface area (Å²) >= 11 is 6.28. The Kier molecular flexibility index (Phi) is 3.96. The van der Waals surface area contributed by atoms with E-state index in [1.807, 2.05) is 0 Å². The number of carbonyl (C=O) groups is 1. The summed E-state index contributed by atoms with van der Waals surface area (Å²) in [4.78, 5) is 23.4. The van der Waals surface area contributed by atoms with E-state index in [-0.39, 0.29) is 11.4 Å². The molecule has 1 aliphatic carbocycles. The number of aryl methyl sites for hydroxylation is 1. The first kappa shape index (κ1) is 15.1. The number of fused-ring (bicyclic) bond motifs is 3. The summed E-state index contributed by atoms with van der Waals surface area (Å²) in [6, 6.07) is 3.37. The molecule has 0 radical (unpaired) electrons. The molecule has 5 heteroatoms. The molecule has 1 aliphatic rings. The minimum atomic E-state index is -0.598. The molecule has 4 nitrogen and oxygen atoms in total. The van der Waals surface area contributed by atoms with Crippen molar-refractivity contribution in [2.75, 3.05) is 0 Å². The van der Waals surface area contributed by atoms with Crippen LogP contribution in [0.25, 0.3) is 11.0 Å². The molecule has 0 unspecified atom stereocenters. The highest BCUT2D eigenvalue weighted by Crippen LogP contribution is 2.34. The maximum absolute atomic E-state index is 12.1. The number of hydrogen-bond donors (Lipinski definition) is 0. The number of halogens is 1. The lowest BCUT2D eigenvalue weighted by atomic mass is 9.90. The van der Waals surface area contributed by atoms with E-state index in [1.54, 1.807) is 19.1 Å². The van der Waals surface area contributed by atoms with Crippen molar-refractivity contribution >= 4 is 28.4 Å². The number of carbonyl (C=O) groups excluding carboxylic acids is 1. The summed E-state index contributed by atoms with van der Waals surface area (Å²) in [6.07, 6.45) is 3.08. The van der Waals surface area contributed by atoms with Crippen LogP contribution in [0.3, 0.4) is 0 Å². The summed E-state index contributed by atoms with van der Waals surface area (Å²) in [5.41, 5.74) is 1.97. The first-order valence-corrected chi connectivity index (χ1v) is 7.80. The number of hydrogen-bond acceptors (Lipinski definition) is 4. The number of ether oxygens (including phenoxy) is 1. The van der Waals surface area contributed by atoms with E-state index in [9.17, 15) is 9.59 Å². The molecule has 0 saturated heterocycles. The maximum Gasteiger partial charge on any atom is 0.339 e. The van der Waals surface area contributed by atoms with Crippen LogP contribution < -0.4 is 10.4 Å². The van der Waals surface area contributed by atoms with E-state index in [0.717, 1.165) is 42.2 Å². The van der Waals surface area contributed by atoms with E-state index in [0.29, 0.717) is 16.4 Å². The Morgan fingerprint density at radius 1 is 1.27 bits per heavy atom. The molecule has 0 amide bonds. The molecule has 0 fully saturated rings. The van der Waals surface area contributed by atoms with Crippen molar-refractivity contribution in [3.8, 4) is 5.75 Å². The average molecular weight is 321 g/mol. The van der Waals surface area contributed by atoms with Crippen molar-refractivity contribution in [2.24, 2.45) is 0 Å². The van der Waals surface area contributed by atoms with Gasteiger partial charge in [-0.1, -0.05) is 11.6 Å². The first-order chi connectivity index (χ1) is 10.5. The molecule has 2 aromatic rings. The van der Waals surface area contributed by atoms with Gasteiger partial charge in [-0.05, 0) is 51.2 Å². The predicted octanol–water partition coefficient (Wildman–Crippen LogP) is 3.68. The Morgan fingerprint density at radius 3 is 2.64 bits per heavy atom. The highest BCUT2D eigenvalue weighted by Gasteiger charge is 2.20. The summed E-state index contributed by atoms with van der Waals surface area (Å²) in [6.45, 7) is 3.11. The Hall–Kier alpha value is -1.81. The third-order valence-electron chi connectivity index (χ3n) is 4.15. The monoisotopic (exact) mass is 320 g/mol. The third-order valence-corrected chi connectivity index (χ3v) is 4.45. The number of rotatable bonds is 3. The maximum atomic E-state index is 12.1. The fourth-order valence-electron chi connectivity index (χ4n) is 2.81. The zero-order valence-electron chi connectivity index (χ0n) is 12.6. The Balaban J connectivity index is 2.14. The molecule has 1 atom stereocenters. The van der Waals surface area contributed by atoms with Crippen LogP contribution in [0, 0.1) is 0 Å². The molecular weight excluding hydrogens is 304 g/mol. The van der Waals surface area contributed by atoms with Gasteiger partial charge in [0.2, 0.25) is 0 Å². The molecular formula is C17H17ClO4. The molecule has 1 aromatic heterocycles. The predicted molar refractivity (Wildman–Crippen MR) is 84.9 cm³/mol. The normalized spacial score (nSPS) is 15.4. The van der Waals surface area contributed by atoms with Gasteiger partial charge < -0.3 is 9.15 Å². The molecule has 116 valence electrons. The van der Waals surface area contributed by atoms with E-state index < -0.39 is 6.10 Å². The van der Waals surface area contributed by atoms with E-state index in [2.05, 4.69) is 0 Å². The number of ketones is 1. The number of benzene rings is 1. The fourth-order valence-corrected chi connectivity index (χ4v) is 3.02. The van der Waals surface area contributed by atoms with Crippen LogP contribution >= 0.6 is 11.6 Å². The first-order valence-electron chi connectivity index (χ1n) is 7.42. The summed E-state index contributed by atoms with van der Waals surface area (Å²) < 4.78 is 11.0. The molecule has 0 saturated carbocycles. The minimum absolute atomic E-state index is 0.0944. The van der Waals surface area contributed by atoms with Gasteiger partial charge in [-0.25, -0.2) is 4.79 Å². The highest BCUT2D eigenvalue weighted by molar-refractivity contribution is 6.32. The topological polar surface area (TPSA) is 56.5 Å². The van der Waals surface area contributed by atoms with E-state index in [4.69, 9.17) is 20.8 Å². The van der Waals surface area contributed by atoms with Crippen molar-refractivity contribution in [1.29, 1.82) is 0 Å². The molecule has 1 heterocycles. The SMILES string of the molecule is CC(=O)[C@H](C)Oc1cc2oc(=O)c3c(c2cc1Cl)CCCC3. The second kappa shape index (κ2) is 5.76. The van der Waals surface area contributed by atoms with Gasteiger partial charge in [-0.3, -0.25) is 4.79 Å². The second-order valence-electron chi connectivity index (χ2n) is 5.70. The fraction of sp³-hybridized carbons (Fsp3) is 0.412. The van der Waals surface area contributed by atoms with Gasteiger partial charge in [0.25, 0.3) is 0 Å². The van der Waals surface area contributed by atoms with Crippen LogP contribution in [0.15, 0.2) is 21.3 Å². The van der Waals surface area contributed by atoms with Crippen molar-refractivity contribution in [3.05, 3.63) is 38.7 Å². The van der Waals surface area contributed by atoms with Gasteiger partial charge in [0.1, 0.15) is 11.3 Å². The van der Waals surface area contributed by atoms with Gasteiger partial charge in [0, 0.05) is 17.0 Å². The Morgan fingerprint density at radius 2 is 1.95 bits per heavy atom. The zero-order chi connectivity index (χ0) is 15.9. The lowest BCUT2D eigenvalue weighted by molar-refractivity contribution is -0.122. The summed E-state index contributed by atoms with van der Waals surface area (Å²) in [7, 11) is 0. The lowest BCUT2D eigenvalue weighted by Gasteiger charge is -2.18. The Bertz CT molecular complexity index is 806. The molecule has 3 rings (SSSR count). The van der Waals surface area contributed by atoms with Crippen LogP contribution in [0.4, 0.5) is 0 Å². The van der Waals surface area contributed by atoms with Gasteiger partial charge >= 0.3 is 5.63 Å². The van der Waals surface area contributed by atoms with Crippen LogP contribution in [0.1, 0.15) is 37.8 Å². The molecule has 1 aromatic carbocycles. The second-order valence-corrected chi connectivity index (χ2v) is 6.11. The van der Waals surface area contributed by atoms with Gasteiger partial charge in [0.15, 0.2) is 11.9 Å². The number of Topliss-reactive ketones (excluding diaryl/α,β-unsaturated/α-hetero) is 1. The molecule has 0 aliphatic heterocycles. The largest absolute Gasteiger partial charge is 0.481 e. The molecule has 0 spiro atoms. The van der Waals surface area contributed by atoms with Crippen LogP contribution in [-0.4, -0.2) is 11.9 Å². The van der Waals surface area contributed by atoms with Crippen LogP contribution in [0.2, 0.25) is 5.02 Å². The highest BCUT2D eigenvalue weighted by atomic mass is 35.5. The summed E-state index contributed by atoms with van der Waals surface area (Å²) in [5.74, 6) is 0.263. The van der Waals surface area contributed by atoms with Crippen molar-refractivity contribution in [2.45, 2.75) is 45.6 Å². The van der Waals surface area contributed by atoms with E-state index >= 15 is 0 Å². The minimum Gasteiger partial charge on any atom is -0.481 e. The van der Waals surface area contributed by atoms with Gasteiger partial charge in [0.05, 0.1) is 5.02 Å². The van der Waals surface area contributed by atoms with E-state index in [1.165, 1.54) is 6.92 Å². The quantitative estimate of drug-likeness (QED) is 0.809. The Labute approximate surface area is 133 Å². The molecule has 0 N–H and O–H groups in total. The standard InChI is InChI=1S/C17H17ClO4/c1-9(19)10(2)21-16-8-15-13(7-14(16)18)11-5-3-4-6-12(11)17(20)22-15/h7-8,10H,3-6H2,1-2H3/t10-/m0/s1. The van der Waals surface area contributed by atoms with Crippen molar-refractivity contribution < 1.29 is 13.9 Å². The van der Waals surface area contributed by atoms with Crippen LogP contribution in [-0.2, 0) is 17.6 Å². The third kappa shape index (κ3) is 2.63. The van der Waals surface area contributed by atoms with Gasteiger partial charge in [-0.2, -0.15) is 0 Å². The lowest BCUT2D eigenvalue weighted by Crippen LogP contribution is -2.21. The smallest absolute Gasteiger partial charge is 0.339 e. The van der Waals surface area contributed by atoms with Crippen LogP contribution in [0.5, 0.6) is 5.75 Å². The van der Waals surface area contributed by atoms with Gasteiger partial charge in [-0.15, -0.1) is 0 Å². The zero-order valence-corrected chi connectivity index (χ0v) is 13.3. The molecule has 0 bridgehead atoms. The molecule has 22 heavy (non-hydrogen) atoms. The van der Waals surface area contributed by atoms with Crippen molar-refractivity contribution in [1.82, 2.24) is 0 Å².